The Balaban J connectivity index is 1.78. The molecule has 0 spiro atoms. The van der Waals surface area contributed by atoms with Gasteiger partial charge in [-0.25, -0.2) is 9.97 Å². The van der Waals surface area contributed by atoms with Gasteiger partial charge >= 0.3 is 0 Å². The average Bonchev–Trinajstić information content (AvgIpc) is 3.11. The van der Waals surface area contributed by atoms with Crippen LogP contribution in [0, 0.1) is 6.92 Å². The van der Waals surface area contributed by atoms with Crippen LogP contribution in [-0.2, 0) is 6.61 Å². The Hall–Kier alpha value is -2.99. The molecule has 0 atom stereocenters. The van der Waals surface area contributed by atoms with Crippen LogP contribution in [0.2, 0.25) is 0 Å². The summed E-state index contributed by atoms with van der Waals surface area (Å²) in [4.78, 5) is 20.6. The van der Waals surface area contributed by atoms with Gasteiger partial charge in [0.25, 0.3) is 5.91 Å². The Morgan fingerprint density at radius 2 is 2.17 bits per heavy atom. The van der Waals surface area contributed by atoms with Crippen LogP contribution in [0.15, 0.2) is 55.2 Å². The van der Waals surface area contributed by atoms with Crippen LogP contribution in [0.1, 0.15) is 21.5 Å². The SMILES string of the molecule is Cc1ccc(CO)cc1NC(=O)c1ccc(-n2ccnc2)nc1. The number of carbonyl (C=O) groups is 1. The van der Waals surface area contributed by atoms with Gasteiger partial charge in [-0.15, -0.1) is 0 Å². The fourth-order valence-corrected chi connectivity index (χ4v) is 2.16. The fraction of sp³-hybridized carbons (Fsp3) is 0.118. The lowest BCUT2D eigenvalue weighted by atomic mass is 10.1. The standard InChI is InChI=1S/C17H16N4O2/c1-12-2-3-13(10-22)8-15(12)20-17(23)14-4-5-16(19-9-14)21-7-6-18-11-21/h2-9,11,22H,10H2,1H3,(H,20,23). The van der Waals surface area contributed by atoms with Crippen molar-refractivity contribution in [1.82, 2.24) is 14.5 Å². The molecule has 1 aromatic carbocycles. The molecule has 0 aliphatic rings. The van der Waals surface area contributed by atoms with Crippen molar-refractivity contribution in [2.75, 3.05) is 5.32 Å². The predicted octanol–water partition coefficient (Wildman–Crippen LogP) is 2.32. The molecule has 1 amide bonds. The first-order chi connectivity index (χ1) is 11.2. The lowest BCUT2D eigenvalue weighted by Crippen LogP contribution is -2.13. The molecular formula is C17H16N4O2. The lowest BCUT2D eigenvalue weighted by molar-refractivity contribution is 0.102. The van der Waals surface area contributed by atoms with E-state index in [1.165, 1.54) is 6.20 Å². The summed E-state index contributed by atoms with van der Waals surface area (Å²) in [6.07, 6.45) is 6.62. The fourth-order valence-electron chi connectivity index (χ4n) is 2.16. The van der Waals surface area contributed by atoms with E-state index in [1.54, 1.807) is 41.5 Å². The third-order valence-electron chi connectivity index (χ3n) is 3.51. The summed E-state index contributed by atoms with van der Waals surface area (Å²) in [5.74, 6) is 0.449. The van der Waals surface area contributed by atoms with Crippen molar-refractivity contribution in [3.05, 3.63) is 71.9 Å². The van der Waals surface area contributed by atoms with Gasteiger partial charge in [-0.1, -0.05) is 12.1 Å². The molecule has 0 saturated heterocycles. The van der Waals surface area contributed by atoms with Gasteiger partial charge in [0, 0.05) is 24.3 Å². The van der Waals surface area contributed by atoms with E-state index in [-0.39, 0.29) is 12.5 Å². The second-order valence-electron chi connectivity index (χ2n) is 5.14. The number of hydrogen-bond acceptors (Lipinski definition) is 4. The van der Waals surface area contributed by atoms with Gasteiger partial charge in [0.15, 0.2) is 0 Å². The average molecular weight is 308 g/mol. The highest BCUT2D eigenvalue weighted by Gasteiger charge is 2.09. The minimum Gasteiger partial charge on any atom is -0.392 e. The summed E-state index contributed by atoms with van der Waals surface area (Å²) in [6.45, 7) is 1.83. The molecule has 23 heavy (non-hydrogen) atoms. The van der Waals surface area contributed by atoms with Crippen LogP contribution in [0.3, 0.4) is 0 Å². The van der Waals surface area contributed by atoms with Gasteiger partial charge in [0.2, 0.25) is 0 Å². The quantitative estimate of drug-likeness (QED) is 0.775. The molecule has 0 aliphatic carbocycles. The monoisotopic (exact) mass is 308 g/mol. The zero-order valence-corrected chi connectivity index (χ0v) is 12.6. The first kappa shape index (κ1) is 14.9. The van der Waals surface area contributed by atoms with Crippen molar-refractivity contribution in [1.29, 1.82) is 0 Å². The summed E-state index contributed by atoms with van der Waals surface area (Å²) in [5.41, 5.74) is 2.82. The highest BCUT2D eigenvalue weighted by molar-refractivity contribution is 6.04. The number of aromatic nitrogens is 3. The molecule has 3 rings (SSSR count). The molecule has 2 aromatic heterocycles. The van der Waals surface area contributed by atoms with E-state index >= 15 is 0 Å². The van der Waals surface area contributed by atoms with Crippen molar-refractivity contribution in [3.8, 4) is 5.82 Å². The number of anilines is 1. The summed E-state index contributed by atoms with van der Waals surface area (Å²) in [5, 5.41) is 12.0. The maximum Gasteiger partial charge on any atom is 0.257 e. The van der Waals surface area contributed by atoms with Gasteiger partial charge in [-0.3, -0.25) is 9.36 Å². The van der Waals surface area contributed by atoms with Gasteiger partial charge in [-0.2, -0.15) is 0 Å². The molecule has 3 aromatic rings. The normalized spacial score (nSPS) is 10.5. The summed E-state index contributed by atoms with van der Waals surface area (Å²) >= 11 is 0. The first-order valence-corrected chi connectivity index (χ1v) is 7.13. The highest BCUT2D eigenvalue weighted by Crippen LogP contribution is 2.18. The molecule has 0 radical (unpaired) electrons. The molecule has 0 fully saturated rings. The lowest BCUT2D eigenvalue weighted by Gasteiger charge is -2.10. The van der Waals surface area contributed by atoms with Gasteiger partial charge in [0.1, 0.15) is 12.1 Å². The van der Waals surface area contributed by atoms with Crippen molar-refractivity contribution in [2.45, 2.75) is 13.5 Å². The number of amides is 1. The topological polar surface area (TPSA) is 80.0 Å². The number of nitrogens with one attached hydrogen (secondary N) is 1. The molecule has 0 aliphatic heterocycles. The molecule has 0 unspecified atom stereocenters. The van der Waals surface area contributed by atoms with Crippen LogP contribution in [0.25, 0.3) is 5.82 Å². The Labute approximate surface area is 133 Å². The van der Waals surface area contributed by atoms with Crippen molar-refractivity contribution >= 4 is 11.6 Å². The molecule has 116 valence electrons. The third-order valence-corrected chi connectivity index (χ3v) is 3.51. The van der Waals surface area contributed by atoms with Crippen LogP contribution in [-0.4, -0.2) is 25.5 Å². The van der Waals surface area contributed by atoms with Gasteiger partial charge in [-0.05, 0) is 36.2 Å². The number of imidazole rings is 1. The number of pyridine rings is 1. The molecule has 6 nitrogen and oxygen atoms in total. The number of benzene rings is 1. The van der Waals surface area contributed by atoms with E-state index in [0.717, 1.165) is 11.1 Å². The molecule has 2 heterocycles. The summed E-state index contributed by atoms with van der Waals surface area (Å²) in [7, 11) is 0. The van der Waals surface area contributed by atoms with Crippen molar-refractivity contribution in [3.63, 3.8) is 0 Å². The van der Waals surface area contributed by atoms with Crippen LogP contribution >= 0.6 is 0 Å². The number of nitrogens with zero attached hydrogens (tertiary/aromatic N) is 3. The second kappa shape index (κ2) is 6.41. The Bertz CT molecular complexity index is 811. The number of carbonyl (C=O) groups excluding carboxylic acids is 1. The van der Waals surface area contributed by atoms with Crippen LogP contribution < -0.4 is 5.32 Å². The number of aryl methyl sites for hydroxylation is 1. The zero-order valence-electron chi connectivity index (χ0n) is 12.6. The highest BCUT2D eigenvalue weighted by atomic mass is 16.3. The number of rotatable bonds is 4. The maximum atomic E-state index is 12.3. The molecule has 0 saturated carbocycles. The molecular weight excluding hydrogens is 292 g/mol. The molecule has 2 N–H and O–H groups in total. The largest absolute Gasteiger partial charge is 0.392 e. The second-order valence-corrected chi connectivity index (χ2v) is 5.14. The van der Waals surface area contributed by atoms with Crippen LogP contribution in [0.5, 0.6) is 0 Å². The summed E-state index contributed by atoms with van der Waals surface area (Å²) in [6, 6.07) is 8.92. The van der Waals surface area contributed by atoms with E-state index in [2.05, 4.69) is 15.3 Å². The number of aliphatic hydroxyl groups is 1. The molecule has 6 heteroatoms. The maximum absolute atomic E-state index is 12.3. The molecule has 0 bridgehead atoms. The number of aliphatic hydroxyl groups excluding tert-OH is 1. The van der Waals surface area contributed by atoms with Gasteiger partial charge in [0.05, 0.1) is 12.2 Å². The third kappa shape index (κ3) is 3.27. The summed E-state index contributed by atoms with van der Waals surface area (Å²) < 4.78 is 1.76. The Morgan fingerprint density at radius 3 is 2.83 bits per heavy atom. The predicted molar refractivity (Wildman–Crippen MR) is 86.4 cm³/mol. The van der Waals surface area contributed by atoms with Crippen molar-refractivity contribution < 1.29 is 9.90 Å². The Morgan fingerprint density at radius 1 is 1.30 bits per heavy atom. The van der Waals surface area contributed by atoms with Crippen molar-refractivity contribution in [2.24, 2.45) is 0 Å². The van der Waals surface area contributed by atoms with E-state index in [4.69, 9.17) is 0 Å². The minimum absolute atomic E-state index is 0.0652. The van der Waals surface area contributed by atoms with Gasteiger partial charge < -0.3 is 10.4 Å². The minimum atomic E-state index is -0.243. The number of hydrogen-bond donors (Lipinski definition) is 2. The van der Waals surface area contributed by atoms with E-state index in [9.17, 15) is 9.90 Å². The van der Waals surface area contributed by atoms with Crippen LogP contribution in [0.4, 0.5) is 5.69 Å². The zero-order chi connectivity index (χ0) is 16.2. The van der Waals surface area contributed by atoms with E-state index in [1.807, 2.05) is 19.1 Å². The Kier molecular flexibility index (Phi) is 4.16. The van der Waals surface area contributed by atoms with E-state index < -0.39 is 0 Å². The van der Waals surface area contributed by atoms with E-state index in [0.29, 0.717) is 17.1 Å². The first-order valence-electron chi connectivity index (χ1n) is 7.13. The smallest absolute Gasteiger partial charge is 0.257 e.